The minimum Gasteiger partial charge on any atom is -0.350 e. The minimum absolute atomic E-state index is 0.118. The molecule has 7 heteroatoms. The van der Waals surface area contributed by atoms with Crippen LogP contribution in [-0.4, -0.2) is 20.9 Å². The number of halogens is 1. The number of carbonyl (C=O) groups excluding carboxylic acids is 1. The molecule has 152 valence electrons. The molecule has 0 fully saturated rings. The molecule has 0 aromatic heterocycles. The van der Waals surface area contributed by atoms with Gasteiger partial charge in [0.2, 0.25) is 15.9 Å². The lowest BCUT2D eigenvalue weighted by molar-refractivity contribution is -0.121. The molecule has 2 N–H and O–H groups in total. The van der Waals surface area contributed by atoms with Crippen LogP contribution in [0.5, 0.6) is 0 Å². The Morgan fingerprint density at radius 3 is 2.18 bits per heavy atom. The third-order valence-corrected chi connectivity index (χ3v) is 5.74. The maximum Gasteiger partial charge on any atom is 0.240 e. The second-order valence-electron chi connectivity index (χ2n) is 7.23. The quantitative estimate of drug-likeness (QED) is 0.668. The van der Waals surface area contributed by atoms with Gasteiger partial charge in [-0.25, -0.2) is 17.5 Å². The zero-order valence-corrected chi connectivity index (χ0v) is 17.2. The predicted molar refractivity (Wildman–Crippen MR) is 108 cm³/mol. The molecule has 0 heterocycles. The average Bonchev–Trinajstić information content (AvgIpc) is 2.65. The summed E-state index contributed by atoms with van der Waals surface area (Å²) in [5.41, 5.74) is 1.71. The minimum atomic E-state index is -3.51. The van der Waals surface area contributed by atoms with Crippen molar-refractivity contribution >= 4 is 15.9 Å². The summed E-state index contributed by atoms with van der Waals surface area (Å²) < 4.78 is 39.9. The van der Waals surface area contributed by atoms with E-state index in [-0.39, 0.29) is 35.0 Å². The molecule has 0 aliphatic carbocycles. The fraction of sp³-hybridized carbons (Fsp3) is 0.381. The first-order valence-electron chi connectivity index (χ1n) is 9.31. The van der Waals surface area contributed by atoms with Crippen molar-refractivity contribution in [2.24, 2.45) is 5.92 Å². The van der Waals surface area contributed by atoms with Gasteiger partial charge in [0.15, 0.2) is 0 Å². The molecule has 2 aromatic carbocycles. The zero-order chi connectivity index (χ0) is 20.7. The highest BCUT2D eigenvalue weighted by atomic mass is 32.2. The molecule has 5 nitrogen and oxygen atoms in total. The van der Waals surface area contributed by atoms with Crippen LogP contribution in [0, 0.1) is 11.7 Å². The lowest BCUT2D eigenvalue weighted by Gasteiger charge is -2.14. The van der Waals surface area contributed by atoms with Crippen LogP contribution < -0.4 is 10.0 Å². The summed E-state index contributed by atoms with van der Waals surface area (Å²) in [7, 11) is -3.51. The maximum absolute atomic E-state index is 13.0. The number of amides is 1. The van der Waals surface area contributed by atoms with Crippen molar-refractivity contribution in [3.63, 3.8) is 0 Å². The summed E-state index contributed by atoms with van der Waals surface area (Å²) in [5, 5.41) is 2.88. The second kappa shape index (κ2) is 9.80. The summed E-state index contributed by atoms with van der Waals surface area (Å²) in [5.74, 6) is -0.205. The van der Waals surface area contributed by atoms with E-state index in [9.17, 15) is 17.6 Å². The Kier molecular flexibility index (Phi) is 7.71. The molecule has 0 aliphatic heterocycles. The molecule has 0 unspecified atom stereocenters. The second-order valence-corrected chi connectivity index (χ2v) is 9.00. The van der Waals surface area contributed by atoms with Crippen LogP contribution in [-0.2, 0) is 21.2 Å². The number of rotatable bonds is 9. The fourth-order valence-corrected chi connectivity index (χ4v) is 3.82. The lowest BCUT2D eigenvalue weighted by atomic mass is 10.1. The molecule has 0 radical (unpaired) electrons. The van der Waals surface area contributed by atoms with Gasteiger partial charge in [0, 0.05) is 13.0 Å². The first-order chi connectivity index (χ1) is 13.2. The van der Waals surface area contributed by atoms with Crippen molar-refractivity contribution in [3.8, 4) is 0 Å². The number of carbonyl (C=O) groups is 1. The number of nitrogens with one attached hydrogen (secondary N) is 2. The van der Waals surface area contributed by atoms with Crippen LogP contribution in [0.2, 0.25) is 0 Å². The number of hydrogen-bond acceptors (Lipinski definition) is 3. The largest absolute Gasteiger partial charge is 0.350 e. The van der Waals surface area contributed by atoms with Crippen molar-refractivity contribution < 1.29 is 17.6 Å². The first kappa shape index (κ1) is 22.0. The maximum atomic E-state index is 13.0. The van der Waals surface area contributed by atoms with Crippen molar-refractivity contribution in [1.82, 2.24) is 10.0 Å². The van der Waals surface area contributed by atoms with E-state index in [1.807, 2.05) is 20.8 Å². The topological polar surface area (TPSA) is 75.3 Å². The molecule has 0 saturated heterocycles. The smallest absolute Gasteiger partial charge is 0.240 e. The van der Waals surface area contributed by atoms with Crippen LogP contribution in [0.15, 0.2) is 53.4 Å². The Morgan fingerprint density at radius 2 is 1.61 bits per heavy atom. The molecule has 0 aliphatic rings. The molecule has 1 atom stereocenters. The molecule has 0 spiro atoms. The fourth-order valence-electron chi connectivity index (χ4n) is 2.60. The van der Waals surface area contributed by atoms with E-state index in [1.165, 1.54) is 12.1 Å². The molecule has 2 rings (SSSR count). The van der Waals surface area contributed by atoms with Gasteiger partial charge in [-0.05, 0) is 54.7 Å². The van der Waals surface area contributed by atoms with Crippen molar-refractivity contribution in [1.29, 1.82) is 0 Å². The number of benzene rings is 2. The van der Waals surface area contributed by atoms with E-state index in [2.05, 4.69) is 10.0 Å². The van der Waals surface area contributed by atoms with Gasteiger partial charge in [-0.15, -0.1) is 0 Å². The van der Waals surface area contributed by atoms with Crippen LogP contribution in [0.1, 0.15) is 44.4 Å². The zero-order valence-electron chi connectivity index (χ0n) is 16.4. The summed E-state index contributed by atoms with van der Waals surface area (Å²) in [6.45, 7) is 6.10. The molecule has 0 bridgehead atoms. The van der Waals surface area contributed by atoms with Gasteiger partial charge in [0.25, 0.3) is 0 Å². The number of sulfonamides is 1. The van der Waals surface area contributed by atoms with E-state index < -0.39 is 10.0 Å². The standard InChI is InChI=1S/C21H27FN2O3S/c1-15(2)14-23-28(26,27)20-11-4-17(5-12-20)6-13-21(25)24-16(3)18-7-9-19(22)10-8-18/h4-5,7-12,15-16,23H,6,13-14H2,1-3H3,(H,24,25)/t16-/m1/s1. The highest BCUT2D eigenvalue weighted by molar-refractivity contribution is 7.89. The van der Waals surface area contributed by atoms with E-state index in [4.69, 9.17) is 0 Å². The summed E-state index contributed by atoms with van der Waals surface area (Å²) in [4.78, 5) is 12.4. The molecule has 2 aromatic rings. The van der Waals surface area contributed by atoms with Crippen LogP contribution in [0.25, 0.3) is 0 Å². The number of aryl methyl sites for hydroxylation is 1. The molecule has 28 heavy (non-hydrogen) atoms. The van der Waals surface area contributed by atoms with Crippen LogP contribution in [0.3, 0.4) is 0 Å². The Morgan fingerprint density at radius 1 is 1.00 bits per heavy atom. The van der Waals surface area contributed by atoms with Crippen molar-refractivity contribution in [3.05, 3.63) is 65.5 Å². The van der Waals surface area contributed by atoms with Crippen molar-refractivity contribution in [2.75, 3.05) is 6.54 Å². The van der Waals surface area contributed by atoms with Crippen molar-refractivity contribution in [2.45, 2.75) is 44.6 Å². The first-order valence-corrected chi connectivity index (χ1v) is 10.8. The molecular formula is C21H27FN2O3S. The van der Waals surface area contributed by atoms with E-state index in [1.54, 1.807) is 36.4 Å². The van der Waals surface area contributed by atoms with Gasteiger partial charge < -0.3 is 5.32 Å². The van der Waals surface area contributed by atoms with Gasteiger partial charge in [0.1, 0.15) is 5.82 Å². The van der Waals surface area contributed by atoms with Gasteiger partial charge in [-0.3, -0.25) is 4.79 Å². The van der Waals surface area contributed by atoms with E-state index in [0.717, 1.165) is 11.1 Å². The van der Waals surface area contributed by atoms with E-state index >= 15 is 0 Å². The van der Waals surface area contributed by atoms with Gasteiger partial charge in [-0.2, -0.15) is 0 Å². The predicted octanol–water partition coefficient (Wildman–Crippen LogP) is 3.57. The number of hydrogen-bond donors (Lipinski definition) is 2. The summed E-state index contributed by atoms with van der Waals surface area (Å²) >= 11 is 0. The van der Waals surface area contributed by atoms with Crippen LogP contribution >= 0.6 is 0 Å². The SMILES string of the molecule is CC(C)CNS(=O)(=O)c1ccc(CCC(=O)N[C@H](C)c2ccc(F)cc2)cc1. The van der Waals surface area contributed by atoms with Gasteiger partial charge >= 0.3 is 0 Å². The monoisotopic (exact) mass is 406 g/mol. The lowest BCUT2D eigenvalue weighted by Crippen LogP contribution is -2.27. The van der Waals surface area contributed by atoms with Crippen LogP contribution in [0.4, 0.5) is 4.39 Å². The molecule has 1 amide bonds. The summed E-state index contributed by atoms with van der Waals surface area (Å²) in [6.07, 6.45) is 0.783. The summed E-state index contributed by atoms with van der Waals surface area (Å²) in [6, 6.07) is 12.4. The molecular weight excluding hydrogens is 379 g/mol. The highest BCUT2D eigenvalue weighted by Crippen LogP contribution is 2.15. The Balaban J connectivity index is 1.87. The van der Waals surface area contributed by atoms with Gasteiger partial charge in [0.05, 0.1) is 10.9 Å². The molecule has 0 saturated carbocycles. The third kappa shape index (κ3) is 6.73. The Hall–Kier alpha value is -2.25. The Labute approximate surface area is 166 Å². The average molecular weight is 407 g/mol. The third-order valence-electron chi connectivity index (χ3n) is 4.30. The Bertz CT molecular complexity index is 879. The van der Waals surface area contributed by atoms with E-state index in [0.29, 0.717) is 13.0 Å². The normalized spacial score (nSPS) is 12.8. The van der Waals surface area contributed by atoms with Gasteiger partial charge in [-0.1, -0.05) is 38.1 Å². The highest BCUT2D eigenvalue weighted by Gasteiger charge is 2.14.